The lowest BCUT2D eigenvalue weighted by Crippen LogP contribution is -2.27. The molecule has 0 aliphatic rings. The highest BCUT2D eigenvalue weighted by atomic mass is 19.4. The van der Waals surface area contributed by atoms with Gasteiger partial charge in [-0.1, -0.05) is 36.4 Å². The van der Waals surface area contributed by atoms with Gasteiger partial charge in [0.2, 0.25) is 5.43 Å². The molecule has 0 amide bonds. The molecule has 0 unspecified atom stereocenters. The molecule has 182 valence electrons. The summed E-state index contributed by atoms with van der Waals surface area (Å²) in [7, 11) is 0. The van der Waals surface area contributed by atoms with Crippen molar-refractivity contribution in [2.24, 2.45) is 0 Å². The summed E-state index contributed by atoms with van der Waals surface area (Å²) in [5, 5.41) is 12.4. The van der Waals surface area contributed by atoms with Crippen LogP contribution in [0.1, 0.15) is 22.8 Å². The maximum absolute atomic E-state index is 13.3. The Morgan fingerprint density at radius 3 is 2.54 bits per heavy atom. The third kappa shape index (κ3) is 5.14. The van der Waals surface area contributed by atoms with Crippen molar-refractivity contribution in [2.45, 2.75) is 25.7 Å². The van der Waals surface area contributed by atoms with Gasteiger partial charge >= 0.3 is 12.1 Å². The minimum Gasteiger partial charge on any atom is -0.490 e. The molecule has 3 aromatic carbocycles. The molecule has 0 saturated carbocycles. The van der Waals surface area contributed by atoms with E-state index in [9.17, 15) is 27.9 Å². The number of esters is 1. The summed E-state index contributed by atoms with van der Waals surface area (Å²) in [6, 6.07) is 15.6. The van der Waals surface area contributed by atoms with Gasteiger partial charge < -0.3 is 19.1 Å². The molecule has 0 radical (unpaired) electrons. The lowest BCUT2D eigenvalue weighted by molar-refractivity contribution is -0.137. The Labute approximate surface area is 198 Å². The van der Waals surface area contributed by atoms with Gasteiger partial charge in [0.05, 0.1) is 24.2 Å². The number of nitrogens with zero attached hydrogens (tertiary/aromatic N) is 1. The van der Waals surface area contributed by atoms with Crippen molar-refractivity contribution >= 4 is 27.6 Å². The number of hydrogen-bond donors (Lipinski definition) is 1. The average Bonchev–Trinajstić information content (AvgIpc) is 2.83. The van der Waals surface area contributed by atoms with Crippen molar-refractivity contribution in [3.63, 3.8) is 0 Å². The first kappa shape index (κ1) is 24.3. The molecule has 0 aliphatic carbocycles. The highest BCUT2D eigenvalue weighted by Gasteiger charge is 2.31. The molecule has 0 spiro atoms. The number of aliphatic hydroxyl groups excluding tert-OH is 1. The van der Waals surface area contributed by atoms with E-state index < -0.39 is 29.2 Å². The van der Waals surface area contributed by atoms with E-state index in [0.29, 0.717) is 5.75 Å². The number of rotatable bonds is 7. The second-order valence-electron chi connectivity index (χ2n) is 7.92. The summed E-state index contributed by atoms with van der Waals surface area (Å²) in [4.78, 5) is 25.1. The zero-order valence-electron chi connectivity index (χ0n) is 18.7. The SMILES string of the molecule is CCOC(=O)c1cn(C[C@@H](O)COc2cccc3ccccc23)c2cc(C(F)(F)F)ccc2c1=O. The predicted octanol–water partition coefficient (Wildman–Crippen LogP) is 4.79. The smallest absolute Gasteiger partial charge is 0.416 e. The van der Waals surface area contributed by atoms with Crippen molar-refractivity contribution in [3.8, 4) is 5.75 Å². The summed E-state index contributed by atoms with van der Waals surface area (Å²) in [5.74, 6) is -0.354. The number of benzene rings is 3. The monoisotopic (exact) mass is 485 g/mol. The number of halogens is 3. The van der Waals surface area contributed by atoms with Crippen LogP contribution in [-0.4, -0.2) is 35.0 Å². The molecule has 1 atom stereocenters. The van der Waals surface area contributed by atoms with Crippen LogP contribution in [0, 0.1) is 0 Å². The molecule has 0 saturated heterocycles. The summed E-state index contributed by atoms with van der Waals surface area (Å²) in [6.07, 6.45) is -4.68. The Balaban J connectivity index is 1.68. The molecule has 6 nitrogen and oxygen atoms in total. The fraction of sp³-hybridized carbons (Fsp3) is 0.231. The molecule has 0 bridgehead atoms. The molecule has 1 heterocycles. The van der Waals surface area contributed by atoms with E-state index in [1.807, 2.05) is 36.4 Å². The van der Waals surface area contributed by atoms with Gasteiger partial charge in [0.1, 0.15) is 24.0 Å². The zero-order chi connectivity index (χ0) is 25.2. The third-order valence-electron chi connectivity index (χ3n) is 5.49. The average molecular weight is 485 g/mol. The van der Waals surface area contributed by atoms with Gasteiger partial charge in [-0.3, -0.25) is 4.79 Å². The number of hydrogen-bond acceptors (Lipinski definition) is 5. The molecule has 0 aliphatic heterocycles. The Morgan fingerprint density at radius 2 is 1.80 bits per heavy atom. The molecular weight excluding hydrogens is 463 g/mol. The van der Waals surface area contributed by atoms with Gasteiger partial charge in [0, 0.05) is 17.0 Å². The normalized spacial score (nSPS) is 12.6. The Bertz CT molecular complexity index is 1440. The summed E-state index contributed by atoms with van der Waals surface area (Å²) >= 11 is 0. The van der Waals surface area contributed by atoms with Gasteiger partial charge in [0.15, 0.2) is 0 Å². The topological polar surface area (TPSA) is 77.8 Å². The van der Waals surface area contributed by atoms with E-state index >= 15 is 0 Å². The number of carbonyl (C=O) groups is 1. The minimum atomic E-state index is -4.63. The second kappa shape index (κ2) is 9.79. The van der Waals surface area contributed by atoms with Crippen LogP contribution >= 0.6 is 0 Å². The molecule has 1 aromatic heterocycles. The number of alkyl halides is 3. The van der Waals surface area contributed by atoms with E-state index in [4.69, 9.17) is 9.47 Å². The van der Waals surface area contributed by atoms with Crippen molar-refractivity contribution in [3.05, 3.63) is 88.2 Å². The quantitative estimate of drug-likeness (QED) is 0.381. The van der Waals surface area contributed by atoms with E-state index in [0.717, 1.165) is 35.2 Å². The second-order valence-corrected chi connectivity index (χ2v) is 7.92. The highest BCUT2D eigenvalue weighted by Crippen LogP contribution is 2.31. The highest BCUT2D eigenvalue weighted by molar-refractivity contribution is 5.94. The van der Waals surface area contributed by atoms with E-state index in [-0.39, 0.29) is 36.2 Å². The van der Waals surface area contributed by atoms with Crippen molar-refractivity contribution in [2.75, 3.05) is 13.2 Å². The Kier molecular flexibility index (Phi) is 6.79. The molecule has 9 heteroatoms. The minimum absolute atomic E-state index is 0.0187. The summed E-state index contributed by atoms with van der Waals surface area (Å²) in [5.41, 5.74) is -2.10. The maximum atomic E-state index is 13.3. The van der Waals surface area contributed by atoms with E-state index in [1.165, 1.54) is 4.57 Å². The Morgan fingerprint density at radius 1 is 1.06 bits per heavy atom. The first-order valence-corrected chi connectivity index (χ1v) is 10.9. The zero-order valence-corrected chi connectivity index (χ0v) is 18.7. The molecule has 1 N–H and O–H groups in total. The summed E-state index contributed by atoms with van der Waals surface area (Å²) in [6.45, 7) is 1.19. The number of fused-ring (bicyclic) bond motifs is 2. The van der Waals surface area contributed by atoms with Crippen LogP contribution in [0.15, 0.2) is 71.7 Å². The fourth-order valence-corrected chi connectivity index (χ4v) is 3.86. The van der Waals surface area contributed by atoms with Gasteiger partial charge in [-0.25, -0.2) is 4.79 Å². The molecule has 4 rings (SSSR count). The van der Waals surface area contributed by atoms with Crippen LogP contribution in [0.25, 0.3) is 21.7 Å². The van der Waals surface area contributed by atoms with E-state index in [1.54, 1.807) is 13.0 Å². The molecular formula is C26H22F3NO5. The van der Waals surface area contributed by atoms with Crippen LogP contribution in [-0.2, 0) is 17.5 Å². The van der Waals surface area contributed by atoms with Gasteiger partial charge in [-0.05, 0) is 36.6 Å². The first-order valence-electron chi connectivity index (χ1n) is 10.9. The number of ether oxygens (including phenoxy) is 2. The van der Waals surface area contributed by atoms with Crippen molar-refractivity contribution < 1.29 is 32.5 Å². The summed E-state index contributed by atoms with van der Waals surface area (Å²) < 4.78 is 51.9. The van der Waals surface area contributed by atoms with Gasteiger partial charge in [-0.15, -0.1) is 0 Å². The number of pyridine rings is 1. The number of aromatic nitrogens is 1. The number of carbonyl (C=O) groups excluding carboxylic acids is 1. The standard InChI is InChI=1S/C26H22F3NO5/c1-2-34-25(33)21-14-30(22-12-17(26(27,28)29)10-11-20(22)24(21)32)13-18(31)15-35-23-9-5-7-16-6-3-4-8-19(16)23/h3-12,14,18,31H,2,13,15H2,1H3/t18-/m1/s1. The van der Waals surface area contributed by atoms with Crippen molar-refractivity contribution in [1.82, 2.24) is 4.57 Å². The van der Waals surface area contributed by atoms with Crippen LogP contribution in [0.3, 0.4) is 0 Å². The maximum Gasteiger partial charge on any atom is 0.416 e. The van der Waals surface area contributed by atoms with Crippen molar-refractivity contribution in [1.29, 1.82) is 0 Å². The molecule has 4 aromatic rings. The lowest BCUT2D eigenvalue weighted by Gasteiger charge is -2.19. The van der Waals surface area contributed by atoms with Crippen LogP contribution in [0.5, 0.6) is 5.75 Å². The molecule has 0 fully saturated rings. The largest absolute Gasteiger partial charge is 0.490 e. The van der Waals surface area contributed by atoms with Crippen LogP contribution in [0.2, 0.25) is 0 Å². The predicted molar refractivity (Wildman–Crippen MR) is 125 cm³/mol. The lowest BCUT2D eigenvalue weighted by atomic mass is 10.1. The van der Waals surface area contributed by atoms with Gasteiger partial charge in [-0.2, -0.15) is 13.2 Å². The van der Waals surface area contributed by atoms with E-state index in [2.05, 4.69) is 0 Å². The Hall–Kier alpha value is -3.85. The van der Waals surface area contributed by atoms with Crippen LogP contribution < -0.4 is 10.2 Å². The fourth-order valence-electron chi connectivity index (χ4n) is 3.86. The number of aliphatic hydroxyl groups is 1. The molecule has 35 heavy (non-hydrogen) atoms. The first-order chi connectivity index (χ1) is 16.7. The van der Waals surface area contributed by atoms with Crippen LogP contribution in [0.4, 0.5) is 13.2 Å². The third-order valence-corrected chi connectivity index (χ3v) is 5.49. The van der Waals surface area contributed by atoms with Gasteiger partial charge in [0.25, 0.3) is 0 Å².